The first-order chi connectivity index (χ1) is 9.85. The van der Waals surface area contributed by atoms with Crippen LogP contribution in [0.2, 0.25) is 0 Å². The zero-order chi connectivity index (χ0) is 14.2. The highest BCUT2D eigenvalue weighted by atomic mass is 15.1. The van der Waals surface area contributed by atoms with E-state index in [1.807, 2.05) is 31.6 Å². The minimum atomic E-state index is 0.848. The Morgan fingerprint density at radius 1 is 1.05 bits per heavy atom. The predicted molar refractivity (Wildman–Crippen MR) is 82.0 cm³/mol. The number of anilines is 2. The molecule has 2 rings (SSSR count). The molecule has 5 heteroatoms. The third kappa shape index (κ3) is 3.66. The summed E-state index contributed by atoms with van der Waals surface area (Å²) >= 11 is 0. The van der Waals surface area contributed by atoms with Crippen LogP contribution in [0, 0.1) is 0 Å². The number of rotatable bonds is 7. The summed E-state index contributed by atoms with van der Waals surface area (Å²) < 4.78 is 0. The van der Waals surface area contributed by atoms with Crippen molar-refractivity contribution in [2.24, 2.45) is 0 Å². The summed E-state index contributed by atoms with van der Waals surface area (Å²) in [6.07, 6.45) is 8.23. The van der Waals surface area contributed by atoms with Crippen LogP contribution in [0.3, 0.4) is 0 Å². The molecule has 106 valence electrons. The van der Waals surface area contributed by atoms with Gasteiger partial charge in [-0.25, -0.2) is 9.97 Å². The maximum Gasteiger partial charge on any atom is 0.134 e. The van der Waals surface area contributed by atoms with E-state index in [1.165, 1.54) is 5.56 Å². The summed E-state index contributed by atoms with van der Waals surface area (Å²) in [5.74, 6) is 1.84. The van der Waals surface area contributed by atoms with Gasteiger partial charge in [0, 0.05) is 31.5 Å². The molecule has 0 bridgehead atoms. The molecule has 0 aromatic carbocycles. The Hall–Kier alpha value is -2.17. The highest BCUT2D eigenvalue weighted by Crippen LogP contribution is 2.21. The molecular weight excluding hydrogens is 250 g/mol. The lowest BCUT2D eigenvalue weighted by Crippen LogP contribution is -2.11. The van der Waals surface area contributed by atoms with Crippen molar-refractivity contribution in [3.8, 4) is 0 Å². The van der Waals surface area contributed by atoms with Crippen LogP contribution < -0.4 is 10.6 Å². The van der Waals surface area contributed by atoms with E-state index in [0.717, 1.165) is 43.0 Å². The summed E-state index contributed by atoms with van der Waals surface area (Å²) in [6.45, 7) is 3.01. The molecule has 0 saturated carbocycles. The molecule has 5 nitrogen and oxygen atoms in total. The Kier molecular flexibility index (Phi) is 5.29. The van der Waals surface area contributed by atoms with Crippen molar-refractivity contribution in [3.05, 3.63) is 42.0 Å². The molecule has 0 saturated heterocycles. The van der Waals surface area contributed by atoms with Gasteiger partial charge in [0.2, 0.25) is 0 Å². The second-order valence-electron chi connectivity index (χ2n) is 4.58. The van der Waals surface area contributed by atoms with Crippen molar-refractivity contribution in [1.82, 2.24) is 15.0 Å². The van der Waals surface area contributed by atoms with Crippen molar-refractivity contribution in [2.45, 2.75) is 26.2 Å². The van der Waals surface area contributed by atoms with Crippen LogP contribution in [0.25, 0.3) is 0 Å². The fraction of sp³-hybridized carbons (Fsp3) is 0.400. The fourth-order valence-corrected chi connectivity index (χ4v) is 2.14. The van der Waals surface area contributed by atoms with Gasteiger partial charge in [0.15, 0.2) is 0 Å². The lowest BCUT2D eigenvalue weighted by Gasteiger charge is -2.13. The van der Waals surface area contributed by atoms with Gasteiger partial charge in [-0.1, -0.05) is 13.3 Å². The van der Waals surface area contributed by atoms with Crippen molar-refractivity contribution < 1.29 is 0 Å². The molecule has 0 radical (unpaired) electrons. The maximum absolute atomic E-state index is 4.36. The van der Waals surface area contributed by atoms with Crippen LogP contribution in [-0.2, 0) is 12.8 Å². The minimum absolute atomic E-state index is 0.848. The molecule has 0 unspecified atom stereocenters. The van der Waals surface area contributed by atoms with Gasteiger partial charge in [0.05, 0.1) is 0 Å². The number of aromatic nitrogens is 3. The molecule has 2 aromatic heterocycles. The van der Waals surface area contributed by atoms with E-state index in [-0.39, 0.29) is 0 Å². The summed E-state index contributed by atoms with van der Waals surface area (Å²) in [5, 5.41) is 6.54. The van der Waals surface area contributed by atoms with Crippen LogP contribution in [0.4, 0.5) is 11.6 Å². The Labute approximate surface area is 119 Å². The van der Waals surface area contributed by atoms with E-state index in [9.17, 15) is 0 Å². The first kappa shape index (κ1) is 14.2. The Balaban J connectivity index is 2.01. The van der Waals surface area contributed by atoms with Gasteiger partial charge in [-0.2, -0.15) is 0 Å². The topological polar surface area (TPSA) is 62.7 Å². The molecule has 0 aliphatic rings. The molecule has 0 spiro atoms. The second kappa shape index (κ2) is 7.43. The van der Waals surface area contributed by atoms with Crippen molar-refractivity contribution in [2.75, 3.05) is 24.2 Å². The zero-order valence-corrected chi connectivity index (χ0v) is 12.1. The predicted octanol–water partition coefficient (Wildman–Crippen LogP) is 2.52. The average Bonchev–Trinajstić information content (AvgIpc) is 2.50. The molecule has 0 fully saturated rings. The molecule has 0 amide bonds. The maximum atomic E-state index is 4.36. The first-order valence-electron chi connectivity index (χ1n) is 6.99. The van der Waals surface area contributed by atoms with Gasteiger partial charge in [-0.15, -0.1) is 0 Å². The van der Waals surface area contributed by atoms with Gasteiger partial charge in [-0.05, 0) is 30.5 Å². The lowest BCUT2D eigenvalue weighted by molar-refractivity contribution is 0.895. The normalized spacial score (nSPS) is 10.3. The number of hydrogen-bond acceptors (Lipinski definition) is 5. The van der Waals surface area contributed by atoms with Crippen LogP contribution in [0.5, 0.6) is 0 Å². The third-order valence-corrected chi connectivity index (χ3v) is 3.14. The second-order valence-corrected chi connectivity index (χ2v) is 4.58. The standard InChI is InChI=1S/C15H21N5/c1-3-4-13-14(16-2)19-11-20-15(13)18-10-7-12-5-8-17-9-6-12/h5-6,8-9,11H,3-4,7,10H2,1-2H3,(H2,16,18,19,20). The molecule has 2 heterocycles. The summed E-state index contributed by atoms with van der Waals surface area (Å²) in [5.41, 5.74) is 2.43. The van der Waals surface area contributed by atoms with E-state index in [1.54, 1.807) is 6.33 Å². The van der Waals surface area contributed by atoms with Crippen molar-refractivity contribution in [3.63, 3.8) is 0 Å². The van der Waals surface area contributed by atoms with Crippen LogP contribution >= 0.6 is 0 Å². The van der Waals surface area contributed by atoms with E-state index in [0.29, 0.717) is 0 Å². The highest BCUT2D eigenvalue weighted by molar-refractivity contribution is 5.57. The smallest absolute Gasteiger partial charge is 0.134 e. The quantitative estimate of drug-likeness (QED) is 0.810. The highest BCUT2D eigenvalue weighted by Gasteiger charge is 2.09. The minimum Gasteiger partial charge on any atom is -0.373 e. The number of pyridine rings is 1. The van der Waals surface area contributed by atoms with Gasteiger partial charge in [0.1, 0.15) is 18.0 Å². The largest absolute Gasteiger partial charge is 0.373 e. The molecule has 20 heavy (non-hydrogen) atoms. The number of hydrogen-bond donors (Lipinski definition) is 2. The van der Waals surface area contributed by atoms with Gasteiger partial charge < -0.3 is 10.6 Å². The van der Waals surface area contributed by atoms with Crippen LogP contribution in [-0.4, -0.2) is 28.5 Å². The molecule has 0 aliphatic heterocycles. The van der Waals surface area contributed by atoms with Crippen LogP contribution in [0.15, 0.2) is 30.9 Å². The molecule has 2 N–H and O–H groups in total. The third-order valence-electron chi connectivity index (χ3n) is 3.14. The van der Waals surface area contributed by atoms with E-state index >= 15 is 0 Å². The Morgan fingerprint density at radius 2 is 1.80 bits per heavy atom. The van der Waals surface area contributed by atoms with Gasteiger partial charge in [-0.3, -0.25) is 4.98 Å². The first-order valence-corrected chi connectivity index (χ1v) is 6.99. The summed E-state index contributed by atoms with van der Waals surface area (Å²) in [7, 11) is 1.89. The van der Waals surface area contributed by atoms with Crippen LogP contribution in [0.1, 0.15) is 24.5 Å². The van der Waals surface area contributed by atoms with E-state index < -0.39 is 0 Å². The zero-order valence-electron chi connectivity index (χ0n) is 12.1. The molecule has 0 atom stereocenters. The lowest BCUT2D eigenvalue weighted by atomic mass is 10.1. The van der Waals surface area contributed by atoms with Gasteiger partial charge >= 0.3 is 0 Å². The van der Waals surface area contributed by atoms with Gasteiger partial charge in [0.25, 0.3) is 0 Å². The number of nitrogens with one attached hydrogen (secondary N) is 2. The van der Waals surface area contributed by atoms with E-state index in [2.05, 4.69) is 32.5 Å². The molecule has 2 aromatic rings. The monoisotopic (exact) mass is 271 g/mol. The Morgan fingerprint density at radius 3 is 2.50 bits per heavy atom. The summed E-state index contributed by atoms with van der Waals surface area (Å²) in [4.78, 5) is 12.7. The van der Waals surface area contributed by atoms with E-state index in [4.69, 9.17) is 0 Å². The van der Waals surface area contributed by atoms with Crippen molar-refractivity contribution in [1.29, 1.82) is 0 Å². The molecule has 0 aliphatic carbocycles. The molecular formula is C15H21N5. The Bertz CT molecular complexity index is 527. The fourth-order valence-electron chi connectivity index (χ4n) is 2.14. The van der Waals surface area contributed by atoms with Crippen molar-refractivity contribution >= 4 is 11.6 Å². The summed E-state index contributed by atoms with van der Waals surface area (Å²) in [6, 6.07) is 4.07. The number of nitrogens with zero attached hydrogens (tertiary/aromatic N) is 3. The SMILES string of the molecule is CCCc1c(NC)ncnc1NCCc1ccncc1. The average molecular weight is 271 g/mol.